The van der Waals surface area contributed by atoms with E-state index in [0.717, 1.165) is 43.8 Å². The molecule has 0 aliphatic heterocycles. The number of anilines is 3. The van der Waals surface area contributed by atoms with Gasteiger partial charge in [-0.3, -0.25) is 0 Å². The van der Waals surface area contributed by atoms with Gasteiger partial charge in [0.25, 0.3) is 0 Å². The number of nitrogen functional groups attached to an aromatic ring is 3. The normalized spacial score (nSPS) is 11.3. The van der Waals surface area contributed by atoms with Crippen LogP contribution in [0, 0.1) is 0 Å². The largest absolute Gasteiger partial charge is 0.399 e. The van der Waals surface area contributed by atoms with Gasteiger partial charge in [0, 0.05) is 21.5 Å². The Morgan fingerprint density at radius 3 is 0.931 bits per heavy atom. The van der Waals surface area contributed by atoms with Crippen LogP contribution in [0.25, 0.3) is 0 Å². The Morgan fingerprint density at radius 2 is 0.655 bits per heavy atom. The standard InChI is InChI=1S/C25H22BrN3/c26-21-9-1-17(2-10-21)25(18-3-11-22(27)12-4-18,19-5-13-23(28)14-6-19)20-7-15-24(29)16-8-20/h1-16H,27-29H2. The molecule has 4 heteroatoms. The van der Waals surface area contributed by atoms with Crippen LogP contribution in [0.1, 0.15) is 22.3 Å². The molecular weight excluding hydrogens is 422 g/mol. The van der Waals surface area contributed by atoms with E-state index in [1.54, 1.807) is 0 Å². The van der Waals surface area contributed by atoms with Gasteiger partial charge in [-0.2, -0.15) is 0 Å². The molecule has 0 heterocycles. The van der Waals surface area contributed by atoms with Gasteiger partial charge in [0.1, 0.15) is 0 Å². The number of benzene rings is 4. The maximum absolute atomic E-state index is 6.01. The van der Waals surface area contributed by atoms with Crippen molar-refractivity contribution in [2.24, 2.45) is 0 Å². The summed E-state index contributed by atoms with van der Waals surface area (Å²) in [5.41, 5.74) is 24.1. The van der Waals surface area contributed by atoms with E-state index in [1.807, 2.05) is 36.4 Å². The predicted molar refractivity (Wildman–Crippen MR) is 126 cm³/mol. The molecule has 29 heavy (non-hydrogen) atoms. The topological polar surface area (TPSA) is 78.1 Å². The second-order valence-electron chi connectivity index (χ2n) is 7.12. The quantitative estimate of drug-likeness (QED) is 0.284. The Bertz CT molecular complexity index is 913. The summed E-state index contributed by atoms with van der Waals surface area (Å²) in [4.78, 5) is 0. The highest BCUT2D eigenvalue weighted by Crippen LogP contribution is 2.45. The summed E-state index contributed by atoms with van der Waals surface area (Å²) >= 11 is 3.56. The average Bonchev–Trinajstić information content (AvgIpc) is 2.73. The fourth-order valence-corrected chi connectivity index (χ4v) is 4.16. The minimum absolute atomic E-state index is 0.546. The lowest BCUT2D eigenvalue weighted by molar-refractivity contribution is 0.745. The van der Waals surface area contributed by atoms with E-state index in [0.29, 0.717) is 0 Å². The average molecular weight is 444 g/mol. The van der Waals surface area contributed by atoms with Crippen molar-refractivity contribution < 1.29 is 0 Å². The Labute approximate surface area is 179 Å². The molecule has 0 aliphatic rings. The maximum Gasteiger partial charge on any atom is 0.0701 e. The van der Waals surface area contributed by atoms with Gasteiger partial charge in [-0.15, -0.1) is 0 Å². The van der Waals surface area contributed by atoms with Crippen LogP contribution in [0.15, 0.2) is 102 Å². The van der Waals surface area contributed by atoms with Gasteiger partial charge < -0.3 is 17.2 Å². The third-order valence-corrected chi connectivity index (χ3v) is 5.84. The van der Waals surface area contributed by atoms with Crippen molar-refractivity contribution in [2.45, 2.75) is 5.41 Å². The molecule has 0 bridgehead atoms. The fraction of sp³-hybridized carbons (Fsp3) is 0.0400. The summed E-state index contributed by atoms with van der Waals surface area (Å²) in [7, 11) is 0. The van der Waals surface area contributed by atoms with E-state index in [9.17, 15) is 0 Å². The number of hydrogen-bond acceptors (Lipinski definition) is 3. The van der Waals surface area contributed by atoms with Gasteiger partial charge in [0.15, 0.2) is 0 Å². The van der Waals surface area contributed by atoms with Gasteiger partial charge in [-0.25, -0.2) is 0 Å². The van der Waals surface area contributed by atoms with E-state index < -0.39 is 5.41 Å². The minimum atomic E-state index is -0.546. The first-order chi connectivity index (χ1) is 14.0. The highest BCUT2D eigenvalue weighted by Gasteiger charge is 2.38. The van der Waals surface area contributed by atoms with E-state index in [4.69, 9.17) is 17.2 Å². The first-order valence-electron chi connectivity index (χ1n) is 9.34. The zero-order chi connectivity index (χ0) is 20.4. The molecule has 0 saturated heterocycles. The molecule has 0 aromatic heterocycles. The van der Waals surface area contributed by atoms with Crippen LogP contribution >= 0.6 is 15.9 Å². The fourth-order valence-electron chi connectivity index (χ4n) is 3.90. The van der Waals surface area contributed by atoms with Crippen molar-refractivity contribution in [1.29, 1.82) is 0 Å². The molecule has 0 atom stereocenters. The molecule has 0 fully saturated rings. The number of rotatable bonds is 4. The molecule has 0 saturated carbocycles. The monoisotopic (exact) mass is 443 g/mol. The molecule has 0 aliphatic carbocycles. The van der Waals surface area contributed by atoms with Crippen molar-refractivity contribution in [3.8, 4) is 0 Å². The van der Waals surface area contributed by atoms with Gasteiger partial charge in [-0.05, 0) is 70.8 Å². The molecule has 0 spiro atoms. The molecule has 4 rings (SSSR count). The zero-order valence-electron chi connectivity index (χ0n) is 15.8. The Morgan fingerprint density at radius 1 is 0.414 bits per heavy atom. The molecule has 4 aromatic carbocycles. The van der Waals surface area contributed by atoms with E-state index >= 15 is 0 Å². The molecule has 0 radical (unpaired) electrons. The summed E-state index contributed by atoms with van der Waals surface area (Å²) in [6.07, 6.45) is 0. The van der Waals surface area contributed by atoms with Gasteiger partial charge >= 0.3 is 0 Å². The second kappa shape index (κ2) is 7.64. The van der Waals surface area contributed by atoms with Crippen LogP contribution in [0.5, 0.6) is 0 Å². The van der Waals surface area contributed by atoms with Crippen molar-refractivity contribution in [2.75, 3.05) is 17.2 Å². The van der Waals surface area contributed by atoms with Crippen molar-refractivity contribution >= 4 is 33.0 Å². The summed E-state index contributed by atoms with van der Waals surface area (Å²) in [6.45, 7) is 0. The van der Waals surface area contributed by atoms with Crippen LogP contribution in [0.2, 0.25) is 0 Å². The molecular formula is C25H22BrN3. The van der Waals surface area contributed by atoms with Crippen LogP contribution in [0.4, 0.5) is 17.1 Å². The Hall–Kier alpha value is -3.24. The molecule has 144 valence electrons. The van der Waals surface area contributed by atoms with Gasteiger partial charge in [-0.1, -0.05) is 64.5 Å². The first-order valence-corrected chi connectivity index (χ1v) is 10.1. The molecule has 4 aromatic rings. The van der Waals surface area contributed by atoms with Crippen molar-refractivity contribution in [1.82, 2.24) is 0 Å². The molecule has 6 N–H and O–H groups in total. The lowest BCUT2D eigenvalue weighted by atomic mass is 9.65. The highest BCUT2D eigenvalue weighted by atomic mass is 79.9. The van der Waals surface area contributed by atoms with E-state index in [2.05, 4.69) is 76.6 Å². The Kier molecular flexibility index (Phi) is 5.03. The Balaban J connectivity index is 2.11. The number of nitrogens with two attached hydrogens (primary N) is 3. The SMILES string of the molecule is Nc1ccc(C(c2ccc(N)cc2)(c2ccc(N)cc2)c2ccc(Br)cc2)cc1. The van der Waals surface area contributed by atoms with Crippen LogP contribution in [-0.2, 0) is 5.41 Å². The lowest BCUT2D eigenvalue weighted by Gasteiger charge is -2.37. The summed E-state index contributed by atoms with van der Waals surface area (Å²) in [6, 6.07) is 32.6. The maximum atomic E-state index is 6.01. The molecule has 3 nitrogen and oxygen atoms in total. The summed E-state index contributed by atoms with van der Waals surface area (Å²) < 4.78 is 1.03. The summed E-state index contributed by atoms with van der Waals surface area (Å²) in [5.74, 6) is 0. The highest BCUT2D eigenvalue weighted by molar-refractivity contribution is 9.10. The first kappa shape index (κ1) is 19.1. The van der Waals surface area contributed by atoms with Crippen molar-refractivity contribution in [3.63, 3.8) is 0 Å². The van der Waals surface area contributed by atoms with Crippen LogP contribution < -0.4 is 17.2 Å². The van der Waals surface area contributed by atoms with Crippen molar-refractivity contribution in [3.05, 3.63) is 124 Å². The third kappa shape index (κ3) is 3.47. The predicted octanol–water partition coefficient (Wildman–Crippen LogP) is 5.58. The zero-order valence-corrected chi connectivity index (χ0v) is 17.4. The smallest absolute Gasteiger partial charge is 0.0701 e. The van der Waals surface area contributed by atoms with Gasteiger partial charge in [0.05, 0.1) is 5.41 Å². The van der Waals surface area contributed by atoms with Gasteiger partial charge in [0.2, 0.25) is 0 Å². The minimum Gasteiger partial charge on any atom is -0.399 e. The molecule has 0 unspecified atom stereocenters. The van der Waals surface area contributed by atoms with E-state index in [1.165, 1.54) is 0 Å². The molecule has 0 amide bonds. The number of halogens is 1. The second-order valence-corrected chi connectivity index (χ2v) is 8.04. The van der Waals surface area contributed by atoms with Crippen LogP contribution in [0.3, 0.4) is 0 Å². The summed E-state index contributed by atoms with van der Waals surface area (Å²) in [5, 5.41) is 0. The van der Waals surface area contributed by atoms with Crippen LogP contribution in [-0.4, -0.2) is 0 Å². The third-order valence-electron chi connectivity index (χ3n) is 5.31. The van der Waals surface area contributed by atoms with E-state index in [-0.39, 0.29) is 0 Å². The number of hydrogen-bond donors (Lipinski definition) is 3. The lowest BCUT2D eigenvalue weighted by Crippen LogP contribution is -2.31.